The third-order valence-electron chi connectivity index (χ3n) is 3.62. The number of fused-ring (bicyclic) bond motifs is 2. The molecule has 3 heterocycles. The summed E-state index contributed by atoms with van der Waals surface area (Å²) in [5.41, 5.74) is 2.21. The molecule has 0 saturated carbocycles. The van der Waals surface area contributed by atoms with Crippen molar-refractivity contribution in [3.63, 3.8) is 0 Å². The first kappa shape index (κ1) is 14.8. The van der Waals surface area contributed by atoms with Crippen molar-refractivity contribution in [1.82, 2.24) is 15.0 Å². The number of aromatic amines is 1. The van der Waals surface area contributed by atoms with Crippen molar-refractivity contribution in [3.05, 3.63) is 58.6 Å². The minimum atomic E-state index is -0.367. The van der Waals surface area contributed by atoms with Crippen molar-refractivity contribution in [1.29, 1.82) is 0 Å². The van der Waals surface area contributed by atoms with E-state index in [0.717, 1.165) is 10.9 Å². The largest absolute Gasteiger partial charge is 0.493 e. The number of pyridine rings is 1. The van der Waals surface area contributed by atoms with Crippen molar-refractivity contribution in [2.75, 3.05) is 7.11 Å². The molecule has 0 bridgehead atoms. The van der Waals surface area contributed by atoms with Crippen LogP contribution in [0.2, 0.25) is 0 Å². The fourth-order valence-electron chi connectivity index (χ4n) is 2.46. The number of thioether (sulfide) groups is 1. The molecule has 7 heteroatoms. The topological polar surface area (TPSA) is 81.0 Å². The molecule has 0 fully saturated rings. The standard InChI is InChI=1S/C17H13N3O3S/c1-22-13-6-2-4-10-8-11(16(21)23-14(10)13)9-24-17-19-12-5-3-7-18-15(12)20-17/h2-8H,9H2,1H3,(H,18,19,20). The van der Waals surface area contributed by atoms with E-state index in [4.69, 9.17) is 9.15 Å². The normalized spacial score (nSPS) is 11.2. The summed E-state index contributed by atoms with van der Waals surface area (Å²) in [6, 6.07) is 11.1. The number of hydrogen-bond donors (Lipinski definition) is 1. The second kappa shape index (κ2) is 6.01. The van der Waals surface area contributed by atoms with Crippen LogP contribution in [-0.4, -0.2) is 22.1 Å². The van der Waals surface area contributed by atoms with Gasteiger partial charge in [-0.3, -0.25) is 0 Å². The number of imidazole rings is 1. The summed E-state index contributed by atoms with van der Waals surface area (Å²) < 4.78 is 10.7. The van der Waals surface area contributed by atoms with Gasteiger partial charge < -0.3 is 14.1 Å². The quantitative estimate of drug-likeness (QED) is 0.453. The molecule has 0 aliphatic rings. The maximum atomic E-state index is 12.2. The van der Waals surface area contributed by atoms with Crippen LogP contribution in [0, 0.1) is 0 Å². The van der Waals surface area contributed by atoms with Crippen LogP contribution in [0.4, 0.5) is 0 Å². The Balaban J connectivity index is 1.64. The number of H-pyrrole nitrogens is 1. The van der Waals surface area contributed by atoms with E-state index in [1.807, 2.05) is 30.3 Å². The Bertz CT molecular complexity index is 1050. The number of methoxy groups -OCH3 is 1. The fourth-order valence-corrected chi connectivity index (χ4v) is 3.29. The maximum Gasteiger partial charge on any atom is 0.340 e. The third-order valence-corrected chi connectivity index (χ3v) is 4.54. The lowest BCUT2D eigenvalue weighted by Crippen LogP contribution is -2.06. The molecule has 0 aliphatic carbocycles. The maximum absolute atomic E-state index is 12.2. The van der Waals surface area contributed by atoms with Crippen LogP contribution in [0.15, 0.2) is 57.0 Å². The molecule has 3 aromatic heterocycles. The second-order valence-electron chi connectivity index (χ2n) is 5.14. The van der Waals surface area contributed by atoms with Gasteiger partial charge in [0.05, 0.1) is 12.6 Å². The minimum absolute atomic E-state index is 0.367. The van der Waals surface area contributed by atoms with Gasteiger partial charge in [0.1, 0.15) is 0 Å². The number of nitrogens with zero attached hydrogens (tertiary/aromatic N) is 2. The molecule has 4 rings (SSSR count). The summed E-state index contributed by atoms with van der Waals surface area (Å²) in [6.45, 7) is 0. The van der Waals surface area contributed by atoms with Crippen molar-refractivity contribution in [3.8, 4) is 5.75 Å². The molecule has 24 heavy (non-hydrogen) atoms. The Morgan fingerprint density at radius 3 is 3.04 bits per heavy atom. The van der Waals surface area contributed by atoms with Gasteiger partial charge in [-0.05, 0) is 24.3 Å². The molecule has 0 spiro atoms. The van der Waals surface area contributed by atoms with Gasteiger partial charge in [0, 0.05) is 22.9 Å². The molecule has 6 nitrogen and oxygen atoms in total. The second-order valence-corrected chi connectivity index (χ2v) is 6.11. The van der Waals surface area contributed by atoms with E-state index in [9.17, 15) is 4.79 Å². The van der Waals surface area contributed by atoms with E-state index in [0.29, 0.717) is 33.5 Å². The SMILES string of the molecule is COc1cccc2cc(CSc3nc4ncccc4[nH]3)c(=O)oc12. The zero-order valence-electron chi connectivity index (χ0n) is 12.8. The zero-order valence-corrected chi connectivity index (χ0v) is 13.6. The Hall–Kier alpha value is -2.80. The van der Waals surface area contributed by atoms with Crippen LogP contribution in [0.5, 0.6) is 5.75 Å². The molecule has 0 amide bonds. The van der Waals surface area contributed by atoms with E-state index >= 15 is 0 Å². The van der Waals surface area contributed by atoms with E-state index in [1.54, 1.807) is 19.4 Å². The van der Waals surface area contributed by atoms with E-state index < -0.39 is 0 Å². The highest BCUT2D eigenvalue weighted by Gasteiger charge is 2.11. The first-order valence-corrected chi connectivity index (χ1v) is 8.26. The van der Waals surface area contributed by atoms with Gasteiger partial charge in [-0.25, -0.2) is 14.8 Å². The smallest absolute Gasteiger partial charge is 0.340 e. The summed E-state index contributed by atoms with van der Waals surface area (Å²) in [7, 11) is 1.55. The van der Waals surface area contributed by atoms with Gasteiger partial charge in [-0.1, -0.05) is 23.9 Å². The molecule has 0 unspecified atom stereocenters. The van der Waals surface area contributed by atoms with E-state index in [2.05, 4.69) is 15.0 Å². The van der Waals surface area contributed by atoms with Gasteiger partial charge >= 0.3 is 5.63 Å². The van der Waals surface area contributed by atoms with Crippen LogP contribution < -0.4 is 10.4 Å². The van der Waals surface area contributed by atoms with Crippen LogP contribution >= 0.6 is 11.8 Å². The zero-order chi connectivity index (χ0) is 16.5. The van der Waals surface area contributed by atoms with E-state index in [1.165, 1.54) is 11.8 Å². The number of rotatable bonds is 4. The summed E-state index contributed by atoms with van der Waals surface area (Å²) in [5.74, 6) is 1.00. The first-order chi connectivity index (χ1) is 11.7. The van der Waals surface area contributed by atoms with Gasteiger partial charge in [0.2, 0.25) is 0 Å². The lowest BCUT2D eigenvalue weighted by atomic mass is 10.2. The number of benzene rings is 1. The summed E-state index contributed by atoms with van der Waals surface area (Å²) in [5, 5.41) is 1.55. The summed E-state index contributed by atoms with van der Waals surface area (Å²) >= 11 is 1.43. The molecular weight excluding hydrogens is 326 g/mol. The lowest BCUT2D eigenvalue weighted by molar-refractivity contribution is 0.406. The number of para-hydroxylation sites is 1. The highest BCUT2D eigenvalue weighted by Crippen LogP contribution is 2.26. The van der Waals surface area contributed by atoms with Crippen LogP contribution in [0.1, 0.15) is 5.56 Å². The van der Waals surface area contributed by atoms with Crippen molar-refractivity contribution in [2.45, 2.75) is 10.9 Å². The molecule has 0 atom stereocenters. The van der Waals surface area contributed by atoms with Crippen LogP contribution in [-0.2, 0) is 5.75 Å². The molecule has 1 N–H and O–H groups in total. The molecule has 1 aromatic carbocycles. The minimum Gasteiger partial charge on any atom is -0.493 e. The molecule has 120 valence electrons. The van der Waals surface area contributed by atoms with Crippen molar-refractivity contribution in [2.24, 2.45) is 0 Å². The highest BCUT2D eigenvalue weighted by molar-refractivity contribution is 7.98. The average molecular weight is 339 g/mol. The highest BCUT2D eigenvalue weighted by atomic mass is 32.2. The Morgan fingerprint density at radius 2 is 2.21 bits per heavy atom. The van der Waals surface area contributed by atoms with E-state index in [-0.39, 0.29) is 5.63 Å². The Labute approximate surface area is 140 Å². The van der Waals surface area contributed by atoms with Crippen molar-refractivity contribution >= 4 is 33.9 Å². The molecular formula is C17H13N3O3S. The number of nitrogens with one attached hydrogen (secondary N) is 1. The molecule has 0 aliphatic heterocycles. The Morgan fingerprint density at radius 1 is 1.29 bits per heavy atom. The average Bonchev–Trinajstić information content (AvgIpc) is 3.02. The van der Waals surface area contributed by atoms with Gasteiger partial charge in [0.25, 0.3) is 0 Å². The summed E-state index contributed by atoms with van der Waals surface area (Å²) in [6.07, 6.45) is 1.70. The predicted molar refractivity (Wildman–Crippen MR) is 92.5 cm³/mol. The van der Waals surface area contributed by atoms with Crippen LogP contribution in [0.25, 0.3) is 22.1 Å². The van der Waals surface area contributed by atoms with Crippen molar-refractivity contribution < 1.29 is 9.15 Å². The number of hydrogen-bond acceptors (Lipinski definition) is 6. The van der Waals surface area contributed by atoms with Crippen LogP contribution in [0.3, 0.4) is 0 Å². The molecule has 4 aromatic rings. The fraction of sp³-hybridized carbons (Fsp3) is 0.118. The summed E-state index contributed by atoms with van der Waals surface area (Å²) in [4.78, 5) is 24.0. The molecule has 0 saturated heterocycles. The Kier molecular flexibility index (Phi) is 3.70. The number of aromatic nitrogens is 3. The monoisotopic (exact) mass is 339 g/mol. The van der Waals surface area contributed by atoms with Gasteiger partial charge in [0.15, 0.2) is 22.1 Å². The lowest BCUT2D eigenvalue weighted by Gasteiger charge is -2.05. The van der Waals surface area contributed by atoms with Gasteiger partial charge in [-0.15, -0.1) is 0 Å². The number of ether oxygens (including phenoxy) is 1. The third kappa shape index (κ3) is 2.63. The first-order valence-electron chi connectivity index (χ1n) is 7.28. The molecule has 0 radical (unpaired) electrons. The van der Waals surface area contributed by atoms with Gasteiger partial charge in [-0.2, -0.15) is 0 Å². The predicted octanol–water partition coefficient (Wildman–Crippen LogP) is 3.37.